The molecule has 0 aliphatic rings. The second kappa shape index (κ2) is 7.60. The molecule has 1 aromatic carbocycles. The van der Waals surface area contributed by atoms with Crippen LogP contribution in [-0.4, -0.2) is 18.8 Å². The number of amides is 1. The standard InChI is InChI=1S/C15H15F2NO2S2/c1-9-7-12(20-15(16)17)13(22-9)14(19)18-8-10-3-5-11(21-2)6-4-10/h3-7,15H,8H2,1-2H3,(H,18,19). The van der Waals surface area contributed by atoms with Crippen molar-refractivity contribution in [3.63, 3.8) is 0 Å². The van der Waals surface area contributed by atoms with Crippen LogP contribution in [0.5, 0.6) is 5.75 Å². The van der Waals surface area contributed by atoms with Gasteiger partial charge in [0.2, 0.25) is 0 Å². The first-order valence-electron chi connectivity index (χ1n) is 6.46. The first-order valence-corrected chi connectivity index (χ1v) is 8.50. The Labute approximate surface area is 135 Å². The quantitative estimate of drug-likeness (QED) is 0.794. The lowest BCUT2D eigenvalue weighted by Crippen LogP contribution is -2.22. The van der Waals surface area contributed by atoms with E-state index >= 15 is 0 Å². The van der Waals surface area contributed by atoms with Crippen LogP contribution in [0, 0.1) is 6.92 Å². The van der Waals surface area contributed by atoms with Gasteiger partial charge in [-0.2, -0.15) is 8.78 Å². The van der Waals surface area contributed by atoms with Crippen molar-refractivity contribution in [2.24, 2.45) is 0 Å². The lowest BCUT2D eigenvalue weighted by molar-refractivity contribution is -0.0498. The zero-order valence-corrected chi connectivity index (χ0v) is 13.7. The SMILES string of the molecule is CSc1ccc(CNC(=O)c2sc(C)cc2OC(F)F)cc1. The van der Waals surface area contributed by atoms with Crippen molar-refractivity contribution in [3.05, 3.63) is 45.6 Å². The van der Waals surface area contributed by atoms with Gasteiger partial charge in [0.15, 0.2) is 0 Å². The summed E-state index contributed by atoms with van der Waals surface area (Å²) in [7, 11) is 0. The molecule has 0 radical (unpaired) electrons. The Morgan fingerprint density at radius 3 is 2.64 bits per heavy atom. The third kappa shape index (κ3) is 4.45. The average Bonchev–Trinajstić information content (AvgIpc) is 2.85. The van der Waals surface area contributed by atoms with Crippen LogP contribution in [0.25, 0.3) is 0 Å². The van der Waals surface area contributed by atoms with Crippen molar-refractivity contribution in [2.45, 2.75) is 25.0 Å². The molecule has 22 heavy (non-hydrogen) atoms. The molecule has 0 unspecified atom stereocenters. The average molecular weight is 343 g/mol. The van der Waals surface area contributed by atoms with Crippen LogP contribution in [0.15, 0.2) is 35.2 Å². The van der Waals surface area contributed by atoms with Gasteiger partial charge in [-0.15, -0.1) is 23.1 Å². The summed E-state index contributed by atoms with van der Waals surface area (Å²) in [6.07, 6.45) is 1.99. The van der Waals surface area contributed by atoms with Crippen molar-refractivity contribution in [3.8, 4) is 5.75 Å². The molecular weight excluding hydrogens is 328 g/mol. The fourth-order valence-electron chi connectivity index (χ4n) is 1.84. The van der Waals surface area contributed by atoms with E-state index in [1.54, 1.807) is 18.7 Å². The zero-order valence-electron chi connectivity index (χ0n) is 12.1. The van der Waals surface area contributed by atoms with E-state index in [0.29, 0.717) is 6.54 Å². The van der Waals surface area contributed by atoms with E-state index in [-0.39, 0.29) is 10.6 Å². The predicted molar refractivity (Wildman–Crippen MR) is 85.1 cm³/mol. The maximum atomic E-state index is 12.3. The minimum absolute atomic E-state index is 0.0762. The van der Waals surface area contributed by atoms with Crippen molar-refractivity contribution in [2.75, 3.05) is 6.26 Å². The van der Waals surface area contributed by atoms with E-state index in [1.165, 1.54) is 6.07 Å². The minimum Gasteiger partial charge on any atom is -0.433 e. The molecule has 1 heterocycles. The van der Waals surface area contributed by atoms with Crippen molar-refractivity contribution in [1.29, 1.82) is 0 Å². The first-order chi connectivity index (χ1) is 10.5. The van der Waals surface area contributed by atoms with Gasteiger partial charge in [0.05, 0.1) is 0 Å². The number of carbonyl (C=O) groups is 1. The first kappa shape index (κ1) is 16.8. The third-order valence-electron chi connectivity index (χ3n) is 2.86. The molecule has 7 heteroatoms. The Bertz CT molecular complexity index is 641. The number of rotatable bonds is 6. The Kier molecular flexibility index (Phi) is 5.79. The molecule has 0 saturated heterocycles. The van der Waals surface area contributed by atoms with Gasteiger partial charge in [-0.3, -0.25) is 4.79 Å². The molecule has 118 valence electrons. The Morgan fingerprint density at radius 2 is 2.05 bits per heavy atom. The Balaban J connectivity index is 2.02. The number of benzene rings is 1. The molecule has 1 N–H and O–H groups in total. The molecule has 0 fully saturated rings. The van der Waals surface area contributed by atoms with Gasteiger partial charge in [0.25, 0.3) is 5.91 Å². The fraction of sp³-hybridized carbons (Fsp3) is 0.267. The summed E-state index contributed by atoms with van der Waals surface area (Å²) >= 11 is 2.77. The maximum Gasteiger partial charge on any atom is 0.387 e. The van der Waals surface area contributed by atoms with Crippen LogP contribution in [-0.2, 0) is 6.54 Å². The number of thiophene rings is 1. The number of carbonyl (C=O) groups excluding carboxylic acids is 1. The lowest BCUT2D eigenvalue weighted by Gasteiger charge is -2.07. The van der Waals surface area contributed by atoms with E-state index < -0.39 is 12.5 Å². The summed E-state index contributed by atoms with van der Waals surface area (Å²) in [5.41, 5.74) is 0.941. The number of hydrogen-bond donors (Lipinski definition) is 1. The van der Waals surface area contributed by atoms with Crippen LogP contribution in [0.2, 0.25) is 0 Å². The Morgan fingerprint density at radius 1 is 1.36 bits per heavy atom. The number of thioether (sulfide) groups is 1. The molecule has 1 amide bonds. The maximum absolute atomic E-state index is 12.3. The van der Waals surface area contributed by atoms with Gasteiger partial charge >= 0.3 is 6.61 Å². The second-order valence-electron chi connectivity index (χ2n) is 4.46. The van der Waals surface area contributed by atoms with Gasteiger partial charge in [0.1, 0.15) is 10.6 Å². The number of alkyl halides is 2. The number of hydrogen-bond acceptors (Lipinski definition) is 4. The molecule has 2 rings (SSSR count). The Hall–Kier alpha value is -1.60. The molecule has 0 aliphatic carbocycles. The molecule has 1 aromatic heterocycles. The number of aryl methyl sites for hydroxylation is 1. The zero-order chi connectivity index (χ0) is 16.1. The highest BCUT2D eigenvalue weighted by Gasteiger charge is 2.19. The summed E-state index contributed by atoms with van der Waals surface area (Å²) in [5, 5.41) is 2.72. The van der Waals surface area contributed by atoms with Gasteiger partial charge in [-0.1, -0.05) is 12.1 Å². The van der Waals surface area contributed by atoms with Crippen LogP contribution < -0.4 is 10.1 Å². The van der Waals surface area contributed by atoms with Crippen molar-refractivity contribution < 1.29 is 18.3 Å². The molecule has 0 bridgehead atoms. The number of ether oxygens (including phenoxy) is 1. The van der Waals surface area contributed by atoms with Gasteiger partial charge in [0, 0.05) is 16.3 Å². The van der Waals surface area contributed by atoms with Crippen LogP contribution in [0.1, 0.15) is 20.1 Å². The molecule has 0 atom stereocenters. The highest BCUT2D eigenvalue weighted by molar-refractivity contribution is 7.98. The minimum atomic E-state index is -2.94. The summed E-state index contributed by atoms with van der Waals surface area (Å²) in [5.74, 6) is -0.490. The molecule has 0 spiro atoms. The predicted octanol–water partition coefficient (Wildman–Crippen LogP) is 4.31. The fourth-order valence-corrected chi connectivity index (χ4v) is 3.11. The highest BCUT2D eigenvalue weighted by atomic mass is 32.2. The molecule has 0 aliphatic heterocycles. The third-order valence-corrected chi connectivity index (χ3v) is 4.63. The van der Waals surface area contributed by atoms with Gasteiger partial charge in [-0.25, -0.2) is 0 Å². The second-order valence-corrected chi connectivity index (χ2v) is 6.60. The number of halogens is 2. The van der Waals surface area contributed by atoms with Crippen LogP contribution in [0.3, 0.4) is 0 Å². The molecule has 3 nitrogen and oxygen atoms in total. The van der Waals surface area contributed by atoms with Crippen LogP contribution in [0.4, 0.5) is 8.78 Å². The van der Waals surface area contributed by atoms with Crippen molar-refractivity contribution in [1.82, 2.24) is 5.32 Å². The lowest BCUT2D eigenvalue weighted by atomic mass is 10.2. The largest absolute Gasteiger partial charge is 0.433 e. The van der Waals surface area contributed by atoms with Crippen LogP contribution >= 0.6 is 23.1 Å². The smallest absolute Gasteiger partial charge is 0.387 e. The summed E-state index contributed by atoms with van der Waals surface area (Å²) in [6.45, 7) is -0.876. The van der Waals surface area contributed by atoms with Gasteiger partial charge < -0.3 is 10.1 Å². The van der Waals surface area contributed by atoms with E-state index in [9.17, 15) is 13.6 Å². The molecule has 2 aromatic rings. The highest BCUT2D eigenvalue weighted by Crippen LogP contribution is 2.30. The van der Waals surface area contributed by atoms with E-state index in [2.05, 4.69) is 10.1 Å². The van der Waals surface area contributed by atoms with E-state index in [0.717, 1.165) is 26.7 Å². The summed E-state index contributed by atoms with van der Waals surface area (Å²) < 4.78 is 29.1. The summed E-state index contributed by atoms with van der Waals surface area (Å²) in [6, 6.07) is 9.21. The summed E-state index contributed by atoms with van der Waals surface area (Å²) in [4.78, 5) is 14.2. The monoisotopic (exact) mass is 343 g/mol. The van der Waals surface area contributed by atoms with Crippen molar-refractivity contribution >= 4 is 29.0 Å². The van der Waals surface area contributed by atoms with E-state index in [1.807, 2.05) is 30.5 Å². The topological polar surface area (TPSA) is 38.3 Å². The normalized spacial score (nSPS) is 10.8. The molecule has 0 saturated carbocycles. The number of nitrogens with one attached hydrogen (secondary N) is 1. The van der Waals surface area contributed by atoms with E-state index in [4.69, 9.17) is 0 Å². The van der Waals surface area contributed by atoms with Gasteiger partial charge in [-0.05, 0) is 36.9 Å². The molecular formula is C15H15F2NO2S2.